The third-order valence-corrected chi connectivity index (χ3v) is 3.39. The maximum Gasteiger partial charge on any atom is 0.292 e. The number of rotatable bonds is 8. The van der Waals surface area contributed by atoms with E-state index in [1.807, 2.05) is 0 Å². The molecule has 0 aliphatic rings. The fraction of sp³-hybridized carbons (Fsp3) is 0.235. The molecule has 0 saturated heterocycles. The van der Waals surface area contributed by atoms with E-state index in [0.29, 0.717) is 18.7 Å². The van der Waals surface area contributed by atoms with Crippen LogP contribution in [0.15, 0.2) is 48.5 Å². The first-order chi connectivity index (χ1) is 11.6. The van der Waals surface area contributed by atoms with E-state index in [-0.39, 0.29) is 30.4 Å². The zero-order chi connectivity index (χ0) is 17.4. The van der Waals surface area contributed by atoms with E-state index in [4.69, 9.17) is 0 Å². The number of para-hydroxylation sites is 2. The van der Waals surface area contributed by atoms with Gasteiger partial charge in [-0.3, -0.25) is 14.9 Å². The highest BCUT2D eigenvalue weighted by Gasteiger charge is 2.11. The Morgan fingerprint density at radius 1 is 1.12 bits per heavy atom. The predicted molar refractivity (Wildman–Crippen MR) is 89.3 cm³/mol. The highest BCUT2D eigenvalue weighted by molar-refractivity contribution is 5.76. The minimum atomic E-state index is -0.471. The molecule has 0 aromatic heterocycles. The van der Waals surface area contributed by atoms with Crippen LogP contribution in [-0.4, -0.2) is 23.9 Å². The molecule has 0 heterocycles. The van der Waals surface area contributed by atoms with Crippen LogP contribution >= 0.6 is 0 Å². The summed E-state index contributed by atoms with van der Waals surface area (Å²) in [7, 11) is 0. The predicted octanol–water partition coefficient (Wildman–Crippen LogP) is 2.89. The summed E-state index contributed by atoms with van der Waals surface area (Å²) in [5, 5.41) is 16.5. The number of carbonyl (C=O) groups is 1. The average Bonchev–Trinajstić information content (AvgIpc) is 2.55. The summed E-state index contributed by atoms with van der Waals surface area (Å²) >= 11 is 0. The van der Waals surface area contributed by atoms with Gasteiger partial charge in [0.2, 0.25) is 5.91 Å². The van der Waals surface area contributed by atoms with Gasteiger partial charge >= 0.3 is 0 Å². The Morgan fingerprint density at radius 3 is 2.67 bits per heavy atom. The average molecular weight is 331 g/mol. The van der Waals surface area contributed by atoms with Crippen molar-refractivity contribution in [3.05, 3.63) is 70.0 Å². The molecule has 0 spiro atoms. The van der Waals surface area contributed by atoms with Crippen molar-refractivity contribution in [3.63, 3.8) is 0 Å². The zero-order valence-electron chi connectivity index (χ0n) is 13.0. The molecule has 0 bridgehead atoms. The first kappa shape index (κ1) is 17.4. The Bertz CT molecular complexity index is 722. The van der Waals surface area contributed by atoms with Crippen molar-refractivity contribution >= 4 is 17.3 Å². The number of hydrogen-bond donors (Lipinski definition) is 2. The molecule has 6 nitrogen and oxygen atoms in total. The molecule has 0 atom stereocenters. The second kappa shape index (κ2) is 8.61. The first-order valence-electron chi connectivity index (χ1n) is 7.54. The van der Waals surface area contributed by atoms with Gasteiger partial charge in [-0.25, -0.2) is 4.39 Å². The normalized spacial score (nSPS) is 10.2. The number of carbonyl (C=O) groups excluding carboxylic acids is 1. The van der Waals surface area contributed by atoms with Crippen molar-refractivity contribution in [2.24, 2.45) is 0 Å². The number of nitrogens with zero attached hydrogens (tertiary/aromatic N) is 1. The number of halogens is 1. The quantitative estimate of drug-likeness (QED) is 0.575. The number of nitrogens with one attached hydrogen (secondary N) is 2. The molecule has 2 aromatic rings. The third-order valence-electron chi connectivity index (χ3n) is 3.39. The maximum absolute atomic E-state index is 13.0. The second-order valence-corrected chi connectivity index (χ2v) is 5.18. The summed E-state index contributed by atoms with van der Waals surface area (Å²) in [5.74, 6) is -0.468. The van der Waals surface area contributed by atoms with Crippen LogP contribution in [-0.2, 0) is 11.2 Å². The van der Waals surface area contributed by atoms with E-state index in [1.165, 1.54) is 18.2 Å². The number of anilines is 1. The minimum Gasteiger partial charge on any atom is -0.379 e. The van der Waals surface area contributed by atoms with Crippen LogP contribution in [0.4, 0.5) is 15.8 Å². The largest absolute Gasteiger partial charge is 0.379 e. The third kappa shape index (κ3) is 5.35. The molecule has 2 rings (SSSR count). The molecule has 24 heavy (non-hydrogen) atoms. The number of benzene rings is 2. The monoisotopic (exact) mass is 331 g/mol. The van der Waals surface area contributed by atoms with E-state index in [0.717, 1.165) is 5.56 Å². The number of hydrogen-bond acceptors (Lipinski definition) is 4. The zero-order valence-corrected chi connectivity index (χ0v) is 13.0. The summed E-state index contributed by atoms with van der Waals surface area (Å²) in [5.41, 5.74) is 1.17. The maximum atomic E-state index is 13.0. The standard InChI is InChI=1S/C17H18FN3O3/c18-14-5-3-4-13(12-14)8-10-20-17(22)9-11-19-15-6-1-2-7-16(15)21(23)24/h1-7,12,19H,8-11H2,(H,20,22). The topological polar surface area (TPSA) is 84.3 Å². The van der Waals surface area contributed by atoms with Gasteiger partial charge in [-0.2, -0.15) is 0 Å². The number of amides is 1. The summed E-state index contributed by atoms with van der Waals surface area (Å²) in [6, 6.07) is 12.5. The van der Waals surface area contributed by atoms with Crippen LogP contribution in [0.25, 0.3) is 0 Å². The number of nitro groups is 1. The van der Waals surface area contributed by atoms with Crippen LogP contribution in [0, 0.1) is 15.9 Å². The highest BCUT2D eigenvalue weighted by Crippen LogP contribution is 2.22. The Hall–Kier alpha value is -2.96. The van der Waals surface area contributed by atoms with Gasteiger partial charge in [0.25, 0.3) is 5.69 Å². The molecule has 7 heteroatoms. The SMILES string of the molecule is O=C(CCNc1ccccc1[N+](=O)[O-])NCCc1cccc(F)c1. The van der Waals surface area contributed by atoms with Crippen LogP contribution in [0.1, 0.15) is 12.0 Å². The van der Waals surface area contributed by atoms with Crippen molar-refractivity contribution in [3.8, 4) is 0 Å². The Morgan fingerprint density at radius 2 is 1.92 bits per heavy atom. The van der Waals surface area contributed by atoms with Gasteiger partial charge in [0.05, 0.1) is 4.92 Å². The van der Waals surface area contributed by atoms with Gasteiger partial charge in [-0.15, -0.1) is 0 Å². The summed E-state index contributed by atoms with van der Waals surface area (Å²) < 4.78 is 13.0. The van der Waals surface area contributed by atoms with Crippen molar-refractivity contribution in [2.45, 2.75) is 12.8 Å². The van der Waals surface area contributed by atoms with Crippen molar-refractivity contribution in [1.82, 2.24) is 5.32 Å². The molecular formula is C17H18FN3O3. The lowest BCUT2D eigenvalue weighted by Gasteiger charge is -2.08. The van der Waals surface area contributed by atoms with Gasteiger partial charge in [0.15, 0.2) is 0 Å². The smallest absolute Gasteiger partial charge is 0.292 e. The minimum absolute atomic E-state index is 0.0241. The second-order valence-electron chi connectivity index (χ2n) is 5.18. The van der Waals surface area contributed by atoms with Crippen LogP contribution in [0.5, 0.6) is 0 Å². The fourth-order valence-electron chi connectivity index (χ4n) is 2.22. The van der Waals surface area contributed by atoms with Crippen LogP contribution in [0.2, 0.25) is 0 Å². The summed E-state index contributed by atoms with van der Waals surface area (Å²) in [6.07, 6.45) is 0.732. The fourth-order valence-corrected chi connectivity index (χ4v) is 2.22. The van der Waals surface area contributed by atoms with Crippen molar-refractivity contribution in [2.75, 3.05) is 18.4 Å². The molecule has 0 saturated carbocycles. The van der Waals surface area contributed by atoms with Gasteiger partial charge < -0.3 is 10.6 Å². The molecule has 0 aliphatic carbocycles. The lowest BCUT2D eigenvalue weighted by atomic mass is 10.1. The van der Waals surface area contributed by atoms with Crippen LogP contribution in [0.3, 0.4) is 0 Å². The van der Waals surface area contributed by atoms with E-state index >= 15 is 0 Å². The van der Waals surface area contributed by atoms with E-state index in [1.54, 1.807) is 30.3 Å². The lowest BCUT2D eigenvalue weighted by molar-refractivity contribution is -0.384. The molecule has 0 radical (unpaired) electrons. The molecule has 2 aromatic carbocycles. The summed E-state index contributed by atoms with van der Waals surface area (Å²) in [4.78, 5) is 22.2. The molecule has 0 fully saturated rings. The van der Waals surface area contributed by atoms with Crippen molar-refractivity contribution in [1.29, 1.82) is 0 Å². The molecule has 126 valence electrons. The van der Waals surface area contributed by atoms with Crippen molar-refractivity contribution < 1.29 is 14.1 Å². The van der Waals surface area contributed by atoms with E-state index < -0.39 is 4.92 Å². The van der Waals surface area contributed by atoms with Gasteiger partial charge in [0, 0.05) is 25.6 Å². The summed E-state index contributed by atoms with van der Waals surface area (Å²) in [6.45, 7) is 0.699. The van der Waals surface area contributed by atoms with Gasteiger partial charge in [0.1, 0.15) is 11.5 Å². The van der Waals surface area contributed by atoms with E-state index in [9.17, 15) is 19.3 Å². The van der Waals surface area contributed by atoms with Gasteiger partial charge in [-0.05, 0) is 30.2 Å². The molecule has 1 amide bonds. The number of nitro benzene ring substituents is 1. The first-order valence-corrected chi connectivity index (χ1v) is 7.54. The molecule has 2 N–H and O–H groups in total. The Kier molecular flexibility index (Phi) is 6.24. The molecular weight excluding hydrogens is 313 g/mol. The molecule has 0 aliphatic heterocycles. The highest BCUT2D eigenvalue weighted by atomic mass is 19.1. The van der Waals surface area contributed by atoms with Crippen LogP contribution < -0.4 is 10.6 Å². The Labute approximate surface area is 138 Å². The van der Waals surface area contributed by atoms with E-state index in [2.05, 4.69) is 10.6 Å². The van der Waals surface area contributed by atoms with Gasteiger partial charge in [-0.1, -0.05) is 24.3 Å². The Balaban J connectivity index is 1.71. The lowest BCUT2D eigenvalue weighted by Crippen LogP contribution is -2.27. The molecule has 0 unspecified atom stereocenters.